The van der Waals surface area contributed by atoms with Crippen LogP contribution in [0.25, 0.3) is 11.4 Å². The lowest BCUT2D eigenvalue weighted by Gasteiger charge is -2.12. The van der Waals surface area contributed by atoms with Crippen LogP contribution in [0.5, 0.6) is 0 Å². The molecule has 7 nitrogen and oxygen atoms in total. The molecule has 0 fully saturated rings. The highest BCUT2D eigenvalue weighted by molar-refractivity contribution is 7.89. The Hall–Kier alpha value is -1.80. The Labute approximate surface area is 111 Å². The number of rotatable bonds is 3. The highest BCUT2D eigenvalue weighted by Gasteiger charge is 2.23. The maximum absolute atomic E-state index is 11.5. The van der Waals surface area contributed by atoms with Gasteiger partial charge in [0.05, 0.1) is 0 Å². The Kier molecular flexibility index (Phi) is 3.38. The summed E-state index contributed by atoms with van der Waals surface area (Å²) in [5.74, 6) is 0.463. The van der Waals surface area contributed by atoms with Gasteiger partial charge in [-0.25, -0.2) is 13.6 Å². The van der Waals surface area contributed by atoms with Crippen LogP contribution < -0.4 is 5.14 Å². The zero-order valence-electron chi connectivity index (χ0n) is 10.9. The Bertz CT molecular complexity index is 706. The fraction of sp³-hybridized carbons (Fsp3) is 0.364. The molecule has 2 aromatic rings. The molecular formula is C11H15N5O2S. The molecule has 0 bridgehead atoms. The average Bonchev–Trinajstić information content (AvgIpc) is 2.72. The SMILES string of the molecule is Cc1cc(-c2nnc(S(N)(=O)=O)n2C(C)C)ccn1. The number of nitrogens with two attached hydrogens (primary N) is 1. The Morgan fingerprint density at radius 1 is 1.32 bits per heavy atom. The second-order valence-electron chi connectivity index (χ2n) is 4.50. The molecule has 2 N–H and O–H groups in total. The van der Waals surface area contributed by atoms with Crippen LogP contribution in [0.3, 0.4) is 0 Å². The molecule has 0 amide bonds. The maximum atomic E-state index is 11.5. The van der Waals surface area contributed by atoms with Gasteiger partial charge in [-0.05, 0) is 32.9 Å². The molecule has 2 aromatic heterocycles. The fourth-order valence-corrected chi connectivity index (χ4v) is 2.54. The molecule has 0 spiro atoms. The van der Waals surface area contributed by atoms with Crippen molar-refractivity contribution in [2.75, 3.05) is 0 Å². The Balaban J connectivity index is 2.69. The van der Waals surface area contributed by atoms with Gasteiger partial charge >= 0.3 is 0 Å². The number of sulfonamides is 1. The number of aromatic nitrogens is 4. The molecule has 2 heterocycles. The number of pyridine rings is 1. The molecule has 0 radical (unpaired) electrons. The van der Waals surface area contributed by atoms with Crippen LogP contribution in [0.2, 0.25) is 0 Å². The number of hydrogen-bond acceptors (Lipinski definition) is 5. The average molecular weight is 281 g/mol. The topological polar surface area (TPSA) is 104 Å². The summed E-state index contributed by atoms with van der Waals surface area (Å²) in [7, 11) is -3.90. The van der Waals surface area contributed by atoms with E-state index < -0.39 is 10.0 Å². The molecule has 0 aliphatic rings. The van der Waals surface area contributed by atoms with E-state index in [2.05, 4.69) is 15.2 Å². The van der Waals surface area contributed by atoms with Gasteiger partial charge in [0.2, 0.25) is 0 Å². The second-order valence-corrected chi connectivity index (χ2v) is 5.96. The van der Waals surface area contributed by atoms with Crippen LogP contribution in [-0.4, -0.2) is 28.2 Å². The smallest absolute Gasteiger partial charge is 0.273 e. The quantitative estimate of drug-likeness (QED) is 0.899. The molecule has 0 saturated carbocycles. The van der Waals surface area contributed by atoms with Gasteiger partial charge in [0.15, 0.2) is 5.82 Å². The molecule has 0 aliphatic heterocycles. The zero-order valence-corrected chi connectivity index (χ0v) is 11.7. The first-order chi connectivity index (χ1) is 8.80. The summed E-state index contributed by atoms with van der Waals surface area (Å²) in [5, 5.41) is 12.6. The van der Waals surface area contributed by atoms with Crippen LogP contribution in [0.4, 0.5) is 0 Å². The number of aryl methyl sites for hydroxylation is 1. The van der Waals surface area contributed by atoms with Crippen molar-refractivity contribution in [2.45, 2.75) is 32.0 Å². The van der Waals surface area contributed by atoms with Crippen LogP contribution in [0.15, 0.2) is 23.5 Å². The first-order valence-electron chi connectivity index (χ1n) is 5.71. The monoisotopic (exact) mass is 281 g/mol. The molecule has 0 atom stereocenters. The van der Waals surface area contributed by atoms with Gasteiger partial charge in [0.25, 0.3) is 15.2 Å². The maximum Gasteiger partial charge on any atom is 0.273 e. The third kappa shape index (κ3) is 2.64. The minimum Gasteiger partial charge on any atom is -0.294 e. The van der Waals surface area contributed by atoms with Gasteiger partial charge in [0.1, 0.15) is 0 Å². The predicted molar refractivity (Wildman–Crippen MR) is 69.7 cm³/mol. The lowest BCUT2D eigenvalue weighted by atomic mass is 10.2. The van der Waals surface area contributed by atoms with Crippen molar-refractivity contribution in [3.63, 3.8) is 0 Å². The van der Waals surface area contributed by atoms with E-state index in [1.54, 1.807) is 12.3 Å². The molecule has 0 saturated heterocycles. The molecule has 0 unspecified atom stereocenters. The van der Waals surface area contributed by atoms with Gasteiger partial charge in [-0.2, -0.15) is 0 Å². The van der Waals surface area contributed by atoms with E-state index in [0.29, 0.717) is 5.82 Å². The summed E-state index contributed by atoms with van der Waals surface area (Å²) in [4.78, 5) is 4.10. The minimum absolute atomic E-state index is 0.133. The van der Waals surface area contributed by atoms with Crippen molar-refractivity contribution in [1.29, 1.82) is 0 Å². The van der Waals surface area contributed by atoms with Crippen molar-refractivity contribution >= 4 is 10.0 Å². The Morgan fingerprint density at radius 3 is 2.53 bits per heavy atom. The van der Waals surface area contributed by atoms with E-state index in [9.17, 15) is 8.42 Å². The normalized spacial score (nSPS) is 12.1. The molecule has 19 heavy (non-hydrogen) atoms. The second kappa shape index (κ2) is 4.71. The number of hydrogen-bond donors (Lipinski definition) is 1. The van der Waals surface area contributed by atoms with Gasteiger partial charge in [0, 0.05) is 23.5 Å². The standard InChI is InChI=1S/C11H15N5O2S/c1-7(2)16-10(9-4-5-13-8(3)6-9)14-15-11(16)19(12,17)18/h4-7H,1-3H3,(H2,12,17,18). The van der Waals surface area contributed by atoms with Crippen molar-refractivity contribution in [1.82, 2.24) is 19.7 Å². The summed E-state index contributed by atoms with van der Waals surface area (Å²) in [6.07, 6.45) is 1.64. The molecule has 102 valence electrons. The molecule has 0 aliphatic carbocycles. The highest BCUT2D eigenvalue weighted by atomic mass is 32.2. The summed E-state index contributed by atoms with van der Waals surface area (Å²) in [5.41, 5.74) is 1.57. The summed E-state index contributed by atoms with van der Waals surface area (Å²) in [6.45, 7) is 5.53. The minimum atomic E-state index is -3.90. The van der Waals surface area contributed by atoms with E-state index in [4.69, 9.17) is 5.14 Å². The first-order valence-corrected chi connectivity index (χ1v) is 7.26. The number of primary sulfonamides is 1. The largest absolute Gasteiger partial charge is 0.294 e. The van der Waals surface area contributed by atoms with Crippen LogP contribution in [-0.2, 0) is 10.0 Å². The van der Waals surface area contributed by atoms with E-state index in [1.165, 1.54) is 4.57 Å². The fourth-order valence-electron chi connectivity index (χ4n) is 1.82. The van der Waals surface area contributed by atoms with E-state index in [0.717, 1.165) is 11.3 Å². The third-order valence-electron chi connectivity index (χ3n) is 2.59. The van der Waals surface area contributed by atoms with Gasteiger partial charge in [-0.3, -0.25) is 9.55 Å². The summed E-state index contributed by atoms with van der Waals surface area (Å²) >= 11 is 0. The van der Waals surface area contributed by atoms with Crippen molar-refractivity contribution in [3.05, 3.63) is 24.0 Å². The van der Waals surface area contributed by atoms with Crippen LogP contribution in [0, 0.1) is 6.92 Å². The van der Waals surface area contributed by atoms with E-state index in [-0.39, 0.29) is 11.2 Å². The molecule has 0 aromatic carbocycles. The Morgan fingerprint density at radius 2 is 2.00 bits per heavy atom. The highest BCUT2D eigenvalue weighted by Crippen LogP contribution is 2.24. The van der Waals surface area contributed by atoms with E-state index >= 15 is 0 Å². The van der Waals surface area contributed by atoms with Gasteiger partial charge < -0.3 is 0 Å². The number of nitrogens with zero attached hydrogens (tertiary/aromatic N) is 4. The molecule has 8 heteroatoms. The van der Waals surface area contributed by atoms with Crippen LogP contribution >= 0.6 is 0 Å². The van der Waals surface area contributed by atoms with Crippen LogP contribution in [0.1, 0.15) is 25.6 Å². The summed E-state index contributed by atoms with van der Waals surface area (Å²) in [6, 6.07) is 3.44. The van der Waals surface area contributed by atoms with E-state index in [1.807, 2.05) is 26.8 Å². The third-order valence-corrected chi connectivity index (χ3v) is 3.38. The van der Waals surface area contributed by atoms with Gasteiger partial charge in [-0.15, -0.1) is 10.2 Å². The molecule has 2 rings (SSSR count). The lowest BCUT2D eigenvalue weighted by molar-refractivity contribution is 0.524. The van der Waals surface area contributed by atoms with Crippen molar-refractivity contribution < 1.29 is 8.42 Å². The first kappa shape index (κ1) is 13.6. The van der Waals surface area contributed by atoms with Gasteiger partial charge in [-0.1, -0.05) is 0 Å². The zero-order chi connectivity index (χ0) is 14.2. The summed E-state index contributed by atoms with van der Waals surface area (Å²) < 4.78 is 24.5. The molecular weight excluding hydrogens is 266 g/mol. The lowest BCUT2D eigenvalue weighted by Crippen LogP contribution is -2.20. The predicted octanol–water partition coefficient (Wildman–Crippen LogP) is 0.877. The van der Waals surface area contributed by atoms with Crippen molar-refractivity contribution in [2.24, 2.45) is 5.14 Å². The van der Waals surface area contributed by atoms with Crippen molar-refractivity contribution in [3.8, 4) is 11.4 Å².